The molecular formula is C13H18Cl2O3. The number of hydrogen-bond donors (Lipinski definition) is 0. The van der Waals surface area contributed by atoms with Crippen LogP contribution in [0.2, 0.25) is 0 Å². The molecule has 1 aliphatic rings. The first-order chi connectivity index (χ1) is 8.16. The Balaban J connectivity index is 2.69. The van der Waals surface area contributed by atoms with Crippen molar-refractivity contribution in [3.63, 3.8) is 0 Å². The van der Waals surface area contributed by atoms with Crippen molar-refractivity contribution >= 4 is 35.0 Å². The lowest BCUT2D eigenvalue weighted by molar-refractivity contribution is -0.153. The first kappa shape index (κ1) is 15.5. The topological polar surface area (TPSA) is 43.4 Å². The van der Waals surface area contributed by atoms with E-state index in [1.54, 1.807) is 6.08 Å². The number of ketones is 1. The van der Waals surface area contributed by atoms with E-state index in [4.69, 9.17) is 27.9 Å². The largest absolute Gasteiger partial charge is 0.455 e. The zero-order valence-electron chi connectivity index (χ0n) is 11.0. The number of rotatable bonds is 5. The van der Waals surface area contributed by atoms with Crippen molar-refractivity contribution in [3.05, 3.63) is 10.6 Å². The Hall–Kier alpha value is -0.540. The molecule has 0 N–H and O–H groups in total. The number of Topliss-reactive ketones (excluding diaryl/α,β-unsaturated/α-hetero) is 1. The fraction of sp³-hybridized carbons (Fsp3) is 0.692. The predicted octanol–water partition coefficient (Wildman–Crippen LogP) is 3.49. The van der Waals surface area contributed by atoms with Gasteiger partial charge in [-0.3, -0.25) is 9.59 Å². The molecule has 1 fully saturated rings. The number of esters is 1. The SMILES string of the molecule is CC(=O)OC(CC1C(C=C(Cl)Cl)C1(C)C)C(C)=O. The standard InChI is InChI=1S/C13H18Cl2O3/c1-7(16)11(18-8(2)17)5-9-10(6-12(14)15)13(9,3)4/h6,9-11H,5H2,1-4H3. The van der Waals surface area contributed by atoms with Gasteiger partial charge in [0, 0.05) is 6.92 Å². The second-order valence-corrected chi connectivity index (χ2v) is 6.36. The summed E-state index contributed by atoms with van der Waals surface area (Å²) >= 11 is 11.3. The zero-order chi connectivity index (χ0) is 14.1. The normalized spacial score (nSPS) is 26.1. The molecule has 0 aromatic carbocycles. The van der Waals surface area contributed by atoms with Gasteiger partial charge in [-0.05, 0) is 30.6 Å². The third kappa shape index (κ3) is 3.72. The number of ether oxygens (including phenoxy) is 1. The van der Waals surface area contributed by atoms with Crippen molar-refractivity contribution in [3.8, 4) is 0 Å². The number of carbonyl (C=O) groups excluding carboxylic acids is 2. The Labute approximate surface area is 117 Å². The quantitative estimate of drug-likeness (QED) is 0.729. The van der Waals surface area contributed by atoms with Gasteiger partial charge in [0.2, 0.25) is 0 Å². The second-order valence-electron chi connectivity index (χ2n) is 5.35. The summed E-state index contributed by atoms with van der Waals surface area (Å²) in [5.74, 6) is -0.0955. The maximum Gasteiger partial charge on any atom is 0.303 e. The van der Waals surface area contributed by atoms with Crippen LogP contribution in [0.25, 0.3) is 0 Å². The van der Waals surface area contributed by atoms with Crippen LogP contribution in [0.5, 0.6) is 0 Å². The van der Waals surface area contributed by atoms with Gasteiger partial charge < -0.3 is 4.74 Å². The molecule has 102 valence electrons. The number of hydrogen-bond acceptors (Lipinski definition) is 3. The smallest absolute Gasteiger partial charge is 0.303 e. The van der Waals surface area contributed by atoms with E-state index >= 15 is 0 Å². The fourth-order valence-electron chi connectivity index (χ4n) is 2.43. The van der Waals surface area contributed by atoms with E-state index in [0.717, 1.165) is 0 Å². The van der Waals surface area contributed by atoms with Crippen LogP contribution >= 0.6 is 23.2 Å². The summed E-state index contributed by atoms with van der Waals surface area (Å²) in [6.07, 6.45) is 1.64. The summed E-state index contributed by atoms with van der Waals surface area (Å²) in [7, 11) is 0. The van der Waals surface area contributed by atoms with E-state index < -0.39 is 12.1 Å². The Bertz CT molecular complexity index is 384. The van der Waals surface area contributed by atoms with Gasteiger partial charge in [-0.25, -0.2) is 0 Å². The molecule has 0 aromatic rings. The van der Waals surface area contributed by atoms with Crippen LogP contribution in [0, 0.1) is 17.3 Å². The maximum absolute atomic E-state index is 11.4. The predicted molar refractivity (Wildman–Crippen MR) is 71.4 cm³/mol. The second kappa shape index (κ2) is 5.62. The van der Waals surface area contributed by atoms with E-state index in [0.29, 0.717) is 6.42 Å². The Morgan fingerprint density at radius 1 is 1.33 bits per heavy atom. The molecule has 0 bridgehead atoms. The molecule has 5 heteroatoms. The van der Waals surface area contributed by atoms with Gasteiger partial charge in [0.25, 0.3) is 0 Å². The van der Waals surface area contributed by atoms with Crippen LogP contribution < -0.4 is 0 Å². The highest BCUT2D eigenvalue weighted by molar-refractivity contribution is 6.55. The first-order valence-electron chi connectivity index (χ1n) is 5.86. The average molecular weight is 293 g/mol. The summed E-state index contributed by atoms with van der Waals surface area (Å²) < 4.78 is 5.27. The zero-order valence-corrected chi connectivity index (χ0v) is 12.5. The number of carbonyl (C=O) groups is 2. The highest BCUT2D eigenvalue weighted by Crippen LogP contribution is 2.61. The molecule has 1 rings (SSSR count). The van der Waals surface area contributed by atoms with Crippen molar-refractivity contribution in [2.75, 3.05) is 0 Å². The minimum absolute atomic E-state index is 0.0306. The minimum atomic E-state index is -0.667. The molecule has 18 heavy (non-hydrogen) atoms. The summed E-state index contributed by atoms with van der Waals surface area (Å²) in [6, 6.07) is 0. The van der Waals surface area contributed by atoms with Crippen LogP contribution in [0.15, 0.2) is 10.6 Å². The van der Waals surface area contributed by atoms with Gasteiger partial charge in [0.05, 0.1) is 0 Å². The van der Waals surface area contributed by atoms with Crippen LogP contribution in [0.3, 0.4) is 0 Å². The van der Waals surface area contributed by atoms with Crippen LogP contribution in [0.4, 0.5) is 0 Å². The van der Waals surface area contributed by atoms with Crippen LogP contribution in [0.1, 0.15) is 34.1 Å². The van der Waals surface area contributed by atoms with Gasteiger partial charge >= 0.3 is 5.97 Å². The summed E-state index contributed by atoms with van der Waals surface area (Å²) in [6.45, 7) is 6.91. The number of allylic oxidation sites excluding steroid dienone is 1. The van der Waals surface area contributed by atoms with Crippen molar-refractivity contribution in [1.82, 2.24) is 0 Å². The van der Waals surface area contributed by atoms with E-state index in [1.807, 2.05) is 0 Å². The van der Waals surface area contributed by atoms with Crippen molar-refractivity contribution in [2.24, 2.45) is 17.3 Å². The molecule has 1 saturated carbocycles. The van der Waals surface area contributed by atoms with Gasteiger partial charge in [-0.1, -0.05) is 43.1 Å². The van der Waals surface area contributed by atoms with E-state index in [1.165, 1.54) is 13.8 Å². The van der Waals surface area contributed by atoms with E-state index in [2.05, 4.69) is 13.8 Å². The lowest BCUT2D eigenvalue weighted by Crippen LogP contribution is -2.25. The lowest BCUT2D eigenvalue weighted by Gasteiger charge is -2.14. The molecule has 3 unspecified atom stereocenters. The highest BCUT2D eigenvalue weighted by Gasteiger charge is 2.57. The van der Waals surface area contributed by atoms with E-state index in [-0.39, 0.29) is 27.5 Å². The number of halogens is 2. The van der Waals surface area contributed by atoms with Gasteiger partial charge in [-0.15, -0.1) is 0 Å². The van der Waals surface area contributed by atoms with Gasteiger partial charge in [0.1, 0.15) is 4.49 Å². The Kier molecular flexibility index (Phi) is 4.84. The molecular weight excluding hydrogens is 275 g/mol. The summed E-state index contributed by atoms with van der Waals surface area (Å²) in [5.41, 5.74) is 0.0306. The van der Waals surface area contributed by atoms with E-state index in [9.17, 15) is 9.59 Å². The molecule has 3 atom stereocenters. The monoisotopic (exact) mass is 292 g/mol. The third-order valence-corrected chi connectivity index (χ3v) is 3.93. The van der Waals surface area contributed by atoms with Crippen molar-refractivity contribution < 1.29 is 14.3 Å². The summed E-state index contributed by atoms with van der Waals surface area (Å²) in [4.78, 5) is 22.4. The van der Waals surface area contributed by atoms with Gasteiger partial charge in [0.15, 0.2) is 11.9 Å². The fourth-order valence-corrected chi connectivity index (χ4v) is 2.70. The Morgan fingerprint density at radius 3 is 2.28 bits per heavy atom. The van der Waals surface area contributed by atoms with Crippen LogP contribution in [-0.2, 0) is 14.3 Å². The molecule has 0 aliphatic heterocycles. The lowest BCUT2D eigenvalue weighted by atomic mass is 10.0. The highest BCUT2D eigenvalue weighted by atomic mass is 35.5. The average Bonchev–Trinajstić information content (AvgIpc) is 2.66. The Morgan fingerprint density at radius 2 is 1.89 bits per heavy atom. The maximum atomic E-state index is 11.4. The van der Waals surface area contributed by atoms with Crippen molar-refractivity contribution in [2.45, 2.75) is 40.2 Å². The molecule has 0 spiro atoms. The molecule has 1 aliphatic carbocycles. The molecule has 0 amide bonds. The molecule has 0 radical (unpaired) electrons. The molecule has 3 nitrogen and oxygen atoms in total. The summed E-state index contributed by atoms with van der Waals surface area (Å²) in [5, 5.41) is 0. The first-order valence-corrected chi connectivity index (χ1v) is 6.62. The molecule has 0 saturated heterocycles. The van der Waals surface area contributed by atoms with Crippen molar-refractivity contribution in [1.29, 1.82) is 0 Å². The molecule has 0 heterocycles. The third-order valence-electron chi connectivity index (χ3n) is 3.67. The van der Waals surface area contributed by atoms with Gasteiger partial charge in [-0.2, -0.15) is 0 Å². The minimum Gasteiger partial charge on any atom is -0.455 e. The van der Waals surface area contributed by atoms with Crippen LogP contribution in [-0.4, -0.2) is 17.9 Å². The molecule has 0 aromatic heterocycles.